The summed E-state index contributed by atoms with van der Waals surface area (Å²) in [6, 6.07) is 9.86. The quantitative estimate of drug-likeness (QED) is 0.617. The van der Waals surface area contributed by atoms with E-state index < -0.39 is 0 Å². The first-order valence-electron chi connectivity index (χ1n) is 8.30. The van der Waals surface area contributed by atoms with Gasteiger partial charge < -0.3 is 10.2 Å². The van der Waals surface area contributed by atoms with Crippen LogP contribution in [0.15, 0.2) is 47.7 Å². The molecule has 0 bridgehead atoms. The lowest BCUT2D eigenvalue weighted by Gasteiger charge is -2.23. The van der Waals surface area contributed by atoms with Crippen LogP contribution < -0.4 is 5.32 Å². The van der Waals surface area contributed by atoms with Crippen molar-refractivity contribution in [3.8, 4) is 0 Å². The molecule has 130 valence electrons. The zero-order chi connectivity index (χ0) is 17.4. The number of aliphatic imine (C=N–C) groups is 1. The number of nitrogens with one attached hydrogen (secondary N) is 1. The minimum absolute atomic E-state index is 0.410. The summed E-state index contributed by atoms with van der Waals surface area (Å²) in [5.74, 6) is 1.30. The number of hydrogen-bond donors (Lipinski definition) is 1. The second-order valence-electron chi connectivity index (χ2n) is 5.98. The average Bonchev–Trinajstić information content (AvgIpc) is 3.06. The van der Waals surface area contributed by atoms with Gasteiger partial charge in [-0.2, -0.15) is 5.10 Å². The third-order valence-corrected chi connectivity index (χ3v) is 4.04. The van der Waals surface area contributed by atoms with E-state index in [4.69, 9.17) is 16.6 Å². The molecule has 2 aromatic rings. The number of nitrogens with zero attached hydrogens (tertiary/aromatic N) is 4. The molecule has 0 spiro atoms. The lowest BCUT2D eigenvalue weighted by atomic mass is 10.2. The highest BCUT2D eigenvalue weighted by Gasteiger charge is 2.10. The van der Waals surface area contributed by atoms with E-state index in [9.17, 15) is 0 Å². The van der Waals surface area contributed by atoms with Crippen LogP contribution in [0.3, 0.4) is 0 Å². The number of aromatic nitrogens is 2. The molecule has 0 aliphatic rings. The summed E-state index contributed by atoms with van der Waals surface area (Å²) >= 11 is 6.26. The Hall–Kier alpha value is -2.01. The molecule has 1 aromatic carbocycles. The predicted octanol–water partition coefficient (Wildman–Crippen LogP) is 3.27. The van der Waals surface area contributed by atoms with Gasteiger partial charge in [0.05, 0.1) is 0 Å². The van der Waals surface area contributed by atoms with E-state index >= 15 is 0 Å². The molecule has 0 fully saturated rings. The molecule has 0 saturated heterocycles. The van der Waals surface area contributed by atoms with Crippen LogP contribution in [0.25, 0.3) is 0 Å². The maximum atomic E-state index is 6.26. The highest BCUT2D eigenvalue weighted by atomic mass is 35.5. The Morgan fingerprint density at radius 3 is 2.83 bits per heavy atom. The number of rotatable bonds is 7. The number of hydrogen-bond acceptors (Lipinski definition) is 2. The third-order valence-electron chi connectivity index (χ3n) is 3.67. The predicted molar refractivity (Wildman–Crippen MR) is 100 cm³/mol. The van der Waals surface area contributed by atoms with E-state index in [1.807, 2.05) is 48.3 Å². The van der Waals surface area contributed by atoms with Crippen molar-refractivity contribution in [3.63, 3.8) is 0 Å². The van der Waals surface area contributed by atoms with Gasteiger partial charge in [-0.3, -0.25) is 9.67 Å². The molecule has 5 nitrogen and oxygen atoms in total. The van der Waals surface area contributed by atoms with Gasteiger partial charge in [0.15, 0.2) is 5.96 Å². The Labute approximate surface area is 149 Å². The van der Waals surface area contributed by atoms with E-state index in [0.29, 0.717) is 5.92 Å². The van der Waals surface area contributed by atoms with Gasteiger partial charge in [0.25, 0.3) is 0 Å². The standard InChI is InChI=1S/C18H26ClN5/c1-4-20-18(21-12-15(2)13-24-11-7-10-22-24)23(3)14-16-8-5-6-9-17(16)19/h5-11,15H,4,12-14H2,1-3H3,(H,20,21). The van der Waals surface area contributed by atoms with E-state index in [2.05, 4.69) is 29.2 Å². The highest BCUT2D eigenvalue weighted by Crippen LogP contribution is 2.16. The molecule has 1 atom stereocenters. The zero-order valence-corrected chi connectivity index (χ0v) is 15.4. The summed E-state index contributed by atoms with van der Waals surface area (Å²) in [4.78, 5) is 6.87. The summed E-state index contributed by atoms with van der Waals surface area (Å²) in [6.07, 6.45) is 3.78. The first-order chi connectivity index (χ1) is 11.6. The molecular formula is C18H26ClN5. The summed E-state index contributed by atoms with van der Waals surface area (Å²) in [7, 11) is 2.03. The van der Waals surface area contributed by atoms with Gasteiger partial charge in [-0.05, 0) is 30.5 Å². The second kappa shape index (κ2) is 9.33. The van der Waals surface area contributed by atoms with Crippen LogP contribution in [-0.2, 0) is 13.1 Å². The first kappa shape index (κ1) is 18.3. The van der Waals surface area contributed by atoms with Crippen molar-refractivity contribution < 1.29 is 0 Å². The van der Waals surface area contributed by atoms with Gasteiger partial charge in [0, 0.05) is 50.6 Å². The fourth-order valence-corrected chi connectivity index (χ4v) is 2.65. The van der Waals surface area contributed by atoms with Crippen LogP contribution >= 0.6 is 11.6 Å². The monoisotopic (exact) mass is 347 g/mol. The topological polar surface area (TPSA) is 45.5 Å². The lowest BCUT2D eigenvalue weighted by molar-refractivity contribution is 0.444. The van der Waals surface area contributed by atoms with Crippen LogP contribution in [-0.4, -0.2) is 40.8 Å². The minimum Gasteiger partial charge on any atom is -0.357 e. The molecule has 2 rings (SSSR count). The summed E-state index contributed by atoms with van der Waals surface area (Å²) in [5.41, 5.74) is 1.09. The van der Waals surface area contributed by atoms with Gasteiger partial charge in [0.1, 0.15) is 0 Å². The van der Waals surface area contributed by atoms with Gasteiger partial charge in [-0.1, -0.05) is 36.7 Å². The molecule has 0 radical (unpaired) electrons. The van der Waals surface area contributed by atoms with Crippen LogP contribution in [0.2, 0.25) is 5.02 Å². The van der Waals surface area contributed by atoms with Crippen LogP contribution in [0.4, 0.5) is 0 Å². The van der Waals surface area contributed by atoms with Crippen molar-refractivity contribution in [2.24, 2.45) is 10.9 Å². The number of halogens is 1. The molecular weight excluding hydrogens is 322 g/mol. The van der Waals surface area contributed by atoms with Crippen molar-refractivity contribution in [2.45, 2.75) is 26.9 Å². The fourth-order valence-electron chi connectivity index (χ4n) is 2.45. The molecule has 1 heterocycles. The molecule has 1 aromatic heterocycles. The molecule has 0 aliphatic heterocycles. The number of guanidine groups is 1. The maximum absolute atomic E-state index is 6.26. The van der Waals surface area contributed by atoms with Gasteiger partial charge >= 0.3 is 0 Å². The second-order valence-corrected chi connectivity index (χ2v) is 6.38. The fraction of sp³-hybridized carbons (Fsp3) is 0.444. The number of benzene rings is 1. The van der Waals surface area contributed by atoms with Crippen molar-refractivity contribution in [1.29, 1.82) is 0 Å². The third kappa shape index (κ3) is 5.57. The highest BCUT2D eigenvalue weighted by molar-refractivity contribution is 6.31. The van der Waals surface area contributed by atoms with E-state index in [1.165, 1.54) is 0 Å². The van der Waals surface area contributed by atoms with Gasteiger partial charge in [0.2, 0.25) is 0 Å². The van der Waals surface area contributed by atoms with Crippen LogP contribution in [0, 0.1) is 5.92 Å². The molecule has 24 heavy (non-hydrogen) atoms. The molecule has 0 amide bonds. The normalized spacial score (nSPS) is 12.9. The summed E-state index contributed by atoms with van der Waals surface area (Å²) in [5, 5.41) is 8.38. The van der Waals surface area contributed by atoms with Crippen molar-refractivity contribution in [2.75, 3.05) is 20.1 Å². The minimum atomic E-state index is 0.410. The Kier molecular flexibility index (Phi) is 7.12. The molecule has 0 aliphatic carbocycles. The average molecular weight is 348 g/mol. The molecule has 6 heteroatoms. The smallest absolute Gasteiger partial charge is 0.193 e. The molecule has 1 unspecified atom stereocenters. The Morgan fingerprint density at radius 1 is 1.38 bits per heavy atom. The molecule has 0 saturated carbocycles. The van der Waals surface area contributed by atoms with E-state index in [-0.39, 0.29) is 0 Å². The Balaban J connectivity index is 1.97. The van der Waals surface area contributed by atoms with Gasteiger partial charge in [-0.25, -0.2) is 0 Å². The molecule has 1 N–H and O–H groups in total. The summed E-state index contributed by atoms with van der Waals surface area (Å²) in [6.45, 7) is 7.42. The lowest BCUT2D eigenvalue weighted by Crippen LogP contribution is -2.39. The van der Waals surface area contributed by atoms with Crippen molar-refractivity contribution in [1.82, 2.24) is 20.0 Å². The van der Waals surface area contributed by atoms with Gasteiger partial charge in [-0.15, -0.1) is 0 Å². The first-order valence-corrected chi connectivity index (χ1v) is 8.68. The van der Waals surface area contributed by atoms with Crippen molar-refractivity contribution >= 4 is 17.6 Å². The van der Waals surface area contributed by atoms with Crippen molar-refractivity contribution in [3.05, 3.63) is 53.3 Å². The Morgan fingerprint density at radius 2 is 2.17 bits per heavy atom. The van der Waals surface area contributed by atoms with Crippen LogP contribution in [0.5, 0.6) is 0 Å². The largest absolute Gasteiger partial charge is 0.357 e. The SMILES string of the molecule is CCNC(=NCC(C)Cn1cccn1)N(C)Cc1ccccc1Cl. The van der Waals surface area contributed by atoms with E-state index in [0.717, 1.165) is 42.7 Å². The van der Waals surface area contributed by atoms with Crippen LogP contribution in [0.1, 0.15) is 19.4 Å². The maximum Gasteiger partial charge on any atom is 0.193 e. The summed E-state index contributed by atoms with van der Waals surface area (Å²) < 4.78 is 1.95. The Bertz CT molecular complexity index is 639. The zero-order valence-electron chi connectivity index (χ0n) is 14.6. The van der Waals surface area contributed by atoms with E-state index in [1.54, 1.807) is 6.20 Å².